The molecular weight excluding hydrogens is 414 g/mol. The van der Waals surface area contributed by atoms with E-state index in [4.69, 9.17) is 4.42 Å². The smallest absolute Gasteiger partial charge is 0.289 e. The molecule has 9 heteroatoms. The van der Waals surface area contributed by atoms with Gasteiger partial charge in [0.05, 0.1) is 11.2 Å². The highest BCUT2D eigenvalue weighted by molar-refractivity contribution is 7.10. The highest BCUT2D eigenvalue weighted by Gasteiger charge is 2.28. The SMILES string of the molecule is Cn1nccc1NC(=O)c1csc(C2CCN(C(=O)c3cc4ccccc4o3)CC2)n1. The lowest BCUT2D eigenvalue weighted by molar-refractivity contribution is 0.0683. The molecule has 4 heterocycles. The van der Waals surface area contributed by atoms with Gasteiger partial charge in [-0.3, -0.25) is 14.3 Å². The fourth-order valence-electron chi connectivity index (χ4n) is 3.83. The number of para-hydroxylation sites is 1. The third-order valence-corrected chi connectivity index (χ3v) is 6.59. The Morgan fingerprint density at radius 1 is 1.19 bits per heavy atom. The predicted molar refractivity (Wildman–Crippen MR) is 117 cm³/mol. The number of thiazole rings is 1. The van der Waals surface area contributed by atoms with Crippen LogP contribution in [-0.2, 0) is 7.05 Å². The molecule has 1 aliphatic heterocycles. The Balaban J connectivity index is 1.21. The number of aromatic nitrogens is 3. The van der Waals surface area contributed by atoms with E-state index in [0.717, 1.165) is 28.8 Å². The standard InChI is InChI=1S/C22H21N5O3S/c1-26-19(6-9-23-26)25-20(28)16-13-31-21(24-16)14-7-10-27(11-8-14)22(29)18-12-15-4-2-3-5-17(15)30-18/h2-6,9,12-14H,7-8,10-11H2,1H3,(H,25,28). The van der Waals surface area contributed by atoms with Gasteiger partial charge in [-0.2, -0.15) is 5.10 Å². The van der Waals surface area contributed by atoms with E-state index in [1.54, 1.807) is 35.4 Å². The number of rotatable bonds is 4. The van der Waals surface area contributed by atoms with Gasteiger partial charge >= 0.3 is 0 Å². The van der Waals surface area contributed by atoms with E-state index in [1.165, 1.54) is 11.3 Å². The Morgan fingerprint density at radius 3 is 2.74 bits per heavy atom. The van der Waals surface area contributed by atoms with Crippen molar-refractivity contribution in [3.63, 3.8) is 0 Å². The zero-order chi connectivity index (χ0) is 21.4. The third-order valence-electron chi connectivity index (χ3n) is 5.58. The first-order chi connectivity index (χ1) is 15.1. The molecule has 0 saturated carbocycles. The molecule has 1 saturated heterocycles. The van der Waals surface area contributed by atoms with E-state index in [1.807, 2.05) is 29.2 Å². The molecular formula is C22H21N5O3S. The van der Waals surface area contributed by atoms with Gasteiger partial charge in [0.2, 0.25) is 0 Å². The molecule has 0 bridgehead atoms. The van der Waals surface area contributed by atoms with E-state index >= 15 is 0 Å². The monoisotopic (exact) mass is 435 g/mol. The molecule has 1 aliphatic rings. The minimum absolute atomic E-state index is 0.0787. The summed E-state index contributed by atoms with van der Waals surface area (Å²) in [6.07, 6.45) is 3.24. The van der Waals surface area contributed by atoms with Gasteiger partial charge in [-0.25, -0.2) is 4.98 Å². The summed E-state index contributed by atoms with van der Waals surface area (Å²) in [6.45, 7) is 1.27. The molecule has 8 nitrogen and oxygen atoms in total. The molecule has 0 radical (unpaired) electrons. The number of amides is 2. The number of hydrogen-bond donors (Lipinski definition) is 1. The summed E-state index contributed by atoms with van der Waals surface area (Å²) in [5.74, 6) is 0.914. The van der Waals surface area contributed by atoms with Crippen molar-refractivity contribution in [3.05, 3.63) is 64.4 Å². The third kappa shape index (κ3) is 3.84. The topological polar surface area (TPSA) is 93.3 Å². The Morgan fingerprint density at radius 2 is 2.00 bits per heavy atom. The Bertz CT molecular complexity index is 1220. The minimum atomic E-state index is -0.247. The molecule has 2 amide bonds. The fraction of sp³-hybridized carbons (Fsp3) is 0.273. The molecule has 0 atom stereocenters. The maximum Gasteiger partial charge on any atom is 0.289 e. The lowest BCUT2D eigenvalue weighted by Crippen LogP contribution is -2.37. The summed E-state index contributed by atoms with van der Waals surface area (Å²) >= 11 is 1.49. The number of piperidine rings is 1. The Labute approximate surface area is 182 Å². The number of aryl methyl sites for hydroxylation is 1. The maximum atomic E-state index is 12.8. The van der Waals surface area contributed by atoms with Gasteiger partial charge in [-0.05, 0) is 25.0 Å². The predicted octanol–water partition coefficient (Wildman–Crippen LogP) is 3.89. The summed E-state index contributed by atoms with van der Waals surface area (Å²) < 4.78 is 7.32. The van der Waals surface area contributed by atoms with E-state index in [9.17, 15) is 9.59 Å². The average Bonchev–Trinajstić information content (AvgIpc) is 3.53. The van der Waals surface area contributed by atoms with Gasteiger partial charge in [0, 0.05) is 42.9 Å². The van der Waals surface area contributed by atoms with Crippen LogP contribution in [0.2, 0.25) is 0 Å². The second-order valence-corrected chi connectivity index (χ2v) is 8.47. The Kier molecular flexibility index (Phi) is 5.03. The molecule has 0 spiro atoms. The first-order valence-electron chi connectivity index (χ1n) is 10.1. The molecule has 158 valence electrons. The van der Waals surface area contributed by atoms with E-state index in [2.05, 4.69) is 15.4 Å². The number of benzene rings is 1. The second kappa shape index (κ2) is 7.99. The van der Waals surface area contributed by atoms with Crippen molar-refractivity contribution >= 4 is 39.9 Å². The molecule has 5 rings (SSSR count). The zero-order valence-electron chi connectivity index (χ0n) is 16.9. The maximum absolute atomic E-state index is 12.8. The highest BCUT2D eigenvalue weighted by Crippen LogP contribution is 2.31. The lowest BCUT2D eigenvalue weighted by Gasteiger charge is -2.30. The molecule has 1 fully saturated rings. The van der Waals surface area contributed by atoms with Crippen LogP contribution in [0.4, 0.5) is 5.82 Å². The van der Waals surface area contributed by atoms with Gasteiger partial charge in [-0.15, -0.1) is 11.3 Å². The quantitative estimate of drug-likeness (QED) is 0.525. The van der Waals surface area contributed by atoms with Crippen molar-refractivity contribution in [1.82, 2.24) is 19.7 Å². The van der Waals surface area contributed by atoms with Crippen LogP contribution in [0.5, 0.6) is 0 Å². The number of nitrogens with zero attached hydrogens (tertiary/aromatic N) is 4. The Hall–Kier alpha value is -3.46. The van der Waals surface area contributed by atoms with Crippen LogP contribution in [-0.4, -0.2) is 44.6 Å². The van der Waals surface area contributed by atoms with Crippen LogP contribution in [0.3, 0.4) is 0 Å². The van der Waals surface area contributed by atoms with Crippen LogP contribution in [0.25, 0.3) is 11.0 Å². The average molecular weight is 436 g/mol. The van der Waals surface area contributed by atoms with Crippen molar-refractivity contribution in [1.29, 1.82) is 0 Å². The second-order valence-electron chi connectivity index (χ2n) is 7.58. The summed E-state index contributed by atoms with van der Waals surface area (Å²) in [5.41, 5.74) is 1.13. The van der Waals surface area contributed by atoms with Crippen LogP contribution < -0.4 is 5.32 Å². The van der Waals surface area contributed by atoms with Crippen molar-refractivity contribution in [2.45, 2.75) is 18.8 Å². The van der Waals surface area contributed by atoms with Crippen molar-refractivity contribution < 1.29 is 14.0 Å². The largest absolute Gasteiger partial charge is 0.451 e. The normalized spacial score (nSPS) is 14.8. The molecule has 0 aliphatic carbocycles. The number of nitrogens with one attached hydrogen (secondary N) is 1. The number of carbonyl (C=O) groups excluding carboxylic acids is 2. The first kappa shape index (κ1) is 19.5. The first-order valence-corrected chi connectivity index (χ1v) is 11.0. The molecule has 31 heavy (non-hydrogen) atoms. The molecule has 1 aromatic carbocycles. The van der Waals surface area contributed by atoms with Crippen LogP contribution in [0, 0.1) is 0 Å². The number of likely N-dealkylation sites (tertiary alicyclic amines) is 1. The summed E-state index contributed by atoms with van der Waals surface area (Å²) in [4.78, 5) is 31.7. The van der Waals surface area contributed by atoms with E-state index < -0.39 is 0 Å². The lowest BCUT2D eigenvalue weighted by atomic mass is 9.97. The highest BCUT2D eigenvalue weighted by atomic mass is 32.1. The van der Waals surface area contributed by atoms with Crippen LogP contribution >= 0.6 is 11.3 Å². The van der Waals surface area contributed by atoms with Crippen LogP contribution in [0.1, 0.15) is 44.8 Å². The van der Waals surface area contributed by atoms with Gasteiger partial charge in [-0.1, -0.05) is 18.2 Å². The molecule has 3 aromatic heterocycles. The summed E-state index contributed by atoms with van der Waals surface area (Å²) in [7, 11) is 1.77. The molecule has 0 unspecified atom stereocenters. The van der Waals surface area contributed by atoms with Crippen molar-refractivity contribution in [2.75, 3.05) is 18.4 Å². The van der Waals surface area contributed by atoms with E-state index in [-0.39, 0.29) is 17.7 Å². The van der Waals surface area contributed by atoms with Gasteiger partial charge < -0.3 is 14.6 Å². The van der Waals surface area contributed by atoms with Crippen molar-refractivity contribution in [2.24, 2.45) is 7.05 Å². The fourth-order valence-corrected chi connectivity index (χ4v) is 4.80. The van der Waals surface area contributed by atoms with Gasteiger partial charge in [0.15, 0.2) is 5.76 Å². The zero-order valence-corrected chi connectivity index (χ0v) is 17.8. The summed E-state index contributed by atoms with van der Waals surface area (Å²) in [6, 6.07) is 11.2. The number of fused-ring (bicyclic) bond motifs is 1. The molecule has 1 N–H and O–H groups in total. The number of anilines is 1. The minimum Gasteiger partial charge on any atom is -0.451 e. The number of carbonyl (C=O) groups is 2. The molecule has 4 aromatic rings. The van der Waals surface area contributed by atoms with Gasteiger partial charge in [0.25, 0.3) is 11.8 Å². The van der Waals surface area contributed by atoms with Gasteiger partial charge in [0.1, 0.15) is 17.1 Å². The summed E-state index contributed by atoms with van der Waals surface area (Å²) in [5, 5.41) is 10.5. The van der Waals surface area contributed by atoms with Crippen molar-refractivity contribution in [3.8, 4) is 0 Å². The van der Waals surface area contributed by atoms with E-state index in [0.29, 0.717) is 30.4 Å². The number of furan rings is 1. The number of hydrogen-bond acceptors (Lipinski definition) is 6. The van der Waals surface area contributed by atoms with Crippen LogP contribution in [0.15, 0.2) is 52.4 Å².